The minimum atomic E-state index is -0.242. The number of benzene rings is 2. The minimum absolute atomic E-state index is 0.0166. The molecule has 2 aromatic rings. The summed E-state index contributed by atoms with van der Waals surface area (Å²) in [6.07, 6.45) is 18.4. The first-order valence-electron chi connectivity index (χ1n) is 16.1. The zero-order valence-electron chi connectivity index (χ0n) is 26.3. The molecule has 0 fully saturated rings. The Bertz CT molecular complexity index is 909. The van der Waals surface area contributed by atoms with Gasteiger partial charge in [-0.2, -0.15) is 0 Å². The molecule has 0 radical (unpaired) electrons. The summed E-state index contributed by atoms with van der Waals surface area (Å²) in [6, 6.07) is 18.6. The van der Waals surface area contributed by atoms with Gasteiger partial charge >= 0.3 is 5.97 Å². The van der Waals surface area contributed by atoms with Crippen molar-refractivity contribution in [3.8, 4) is 5.75 Å². The van der Waals surface area contributed by atoms with E-state index in [1.54, 1.807) is 0 Å². The smallest absolute Gasteiger partial charge is 0.364 e. The van der Waals surface area contributed by atoms with Gasteiger partial charge in [-0.3, -0.25) is 0 Å². The average Bonchev–Trinajstić information content (AvgIpc) is 2.94. The number of unbranched alkanes of at least 4 members (excludes halogenated alkanes) is 11. The number of carbonyl (C=O) groups is 1. The van der Waals surface area contributed by atoms with Gasteiger partial charge in [-0.15, -0.1) is 0 Å². The van der Waals surface area contributed by atoms with Crippen molar-refractivity contribution >= 4 is 5.97 Å². The normalized spacial score (nSPS) is 13.1. The Morgan fingerprint density at radius 2 is 1.27 bits per heavy atom. The van der Waals surface area contributed by atoms with Gasteiger partial charge in [-0.1, -0.05) is 120 Å². The fourth-order valence-electron chi connectivity index (χ4n) is 5.12. The van der Waals surface area contributed by atoms with Gasteiger partial charge in [0.25, 0.3) is 0 Å². The van der Waals surface area contributed by atoms with E-state index < -0.39 is 0 Å². The Labute approximate surface area is 246 Å². The van der Waals surface area contributed by atoms with E-state index in [1.807, 2.05) is 32.0 Å². The Morgan fingerprint density at radius 1 is 0.725 bits per heavy atom. The lowest BCUT2D eigenvalue weighted by Crippen LogP contribution is -2.51. The lowest BCUT2D eigenvalue weighted by atomic mass is 10.0. The van der Waals surface area contributed by atoms with Gasteiger partial charge in [0.05, 0.1) is 26.8 Å². The number of quaternary nitrogens is 1. The summed E-state index contributed by atoms with van der Waals surface area (Å²) in [4.78, 5) is 12.7. The quantitative estimate of drug-likeness (QED) is 0.0829. The lowest BCUT2D eigenvalue weighted by molar-refractivity contribution is -0.917. The number of carbonyl (C=O) groups excluding carboxylic acids is 1. The molecule has 2 unspecified atom stereocenters. The van der Waals surface area contributed by atoms with E-state index in [0.717, 1.165) is 18.7 Å². The maximum atomic E-state index is 12.7. The molecule has 2 rings (SSSR count). The van der Waals surface area contributed by atoms with Crippen LogP contribution in [0.4, 0.5) is 0 Å². The number of nitrogens with zero attached hydrogens (tertiary/aromatic N) is 1. The molecule has 0 saturated heterocycles. The highest BCUT2D eigenvalue weighted by Gasteiger charge is 2.32. The standard InChI is InChI=1S/C36H58NO3/c1-6-7-8-9-10-11-12-13-14-15-16-18-21-33-24-26-35(27-25-33)40-31(2)28-29-39-36(38)32(3)37(4,5)30-34-22-19-17-20-23-34/h17,19-20,22-27,31-32H,6-16,18,21,28-30H2,1-5H3/q+1. The topological polar surface area (TPSA) is 35.5 Å². The second-order valence-electron chi connectivity index (χ2n) is 12.3. The number of hydrogen-bond acceptors (Lipinski definition) is 3. The van der Waals surface area contributed by atoms with E-state index in [2.05, 4.69) is 57.4 Å². The van der Waals surface area contributed by atoms with E-state index in [-0.39, 0.29) is 18.1 Å². The van der Waals surface area contributed by atoms with Crippen molar-refractivity contribution in [2.45, 2.75) is 129 Å². The summed E-state index contributed by atoms with van der Waals surface area (Å²) in [5.74, 6) is 0.724. The third-order valence-corrected chi connectivity index (χ3v) is 8.17. The molecule has 0 N–H and O–H groups in total. The Balaban J connectivity index is 1.55. The molecule has 0 heterocycles. The van der Waals surface area contributed by atoms with Crippen LogP contribution in [0.25, 0.3) is 0 Å². The van der Waals surface area contributed by atoms with Crippen LogP contribution in [0, 0.1) is 0 Å². The van der Waals surface area contributed by atoms with Gasteiger partial charge in [0.1, 0.15) is 12.3 Å². The van der Waals surface area contributed by atoms with Crippen molar-refractivity contribution in [1.29, 1.82) is 0 Å². The van der Waals surface area contributed by atoms with Crippen molar-refractivity contribution in [2.24, 2.45) is 0 Å². The molecule has 0 saturated carbocycles. The van der Waals surface area contributed by atoms with Gasteiger partial charge in [0.15, 0.2) is 6.04 Å². The van der Waals surface area contributed by atoms with Crippen LogP contribution in [0.5, 0.6) is 5.75 Å². The zero-order valence-corrected chi connectivity index (χ0v) is 26.3. The highest BCUT2D eigenvalue weighted by Crippen LogP contribution is 2.19. The molecular weight excluding hydrogens is 494 g/mol. The average molecular weight is 553 g/mol. The lowest BCUT2D eigenvalue weighted by Gasteiger charge is -2.34. The predicted octanol–water partition coefficient (Wildman–Crippen LogP) is 9.30. The molecule has 40 heavy (non-hydrogen) atoms. The van der Waals surface area contributed by atoms with Crippen LogP contribution in [-0.2, 0) is 22.5 Å². The SMILES string of the molecule is CCCCCCCCCCCCCCc1ccc(OC(C)CCOC(=O)C(C)[N+](C)(C)Cc2ccccc2)cc1. The minimum Gasteiger partial charge on any atom is -0.491 e. The fraction of sp³-hybridized carbons (Fsp3) is 0.639. The molecule has 4 nitrogen and oxygen atoms in total. The summed E-state index contributed by atoms with van der Waals surface area (Å²) in [7, 11) is 4.15. The largest absolute Gasteiger partial charge is 0.491 e. The summed E-state index contributed by atoms with van der Waals surface area (Å²) in [5.41, 5.74) is 2.60. The van der Waals surface area contributed by atoms with E-state index in [9.17, 15) is 4.79 Å². The van der Waals surface area contributed by atoms with E-state index in [4.69, 9.17) is 9.47 Å². The molecule has 2 atom stereocenters. The van der Waals surface area contributed by atoms with Crippen LogP contribution < -0.4 is 4.74 Å². The summed E-state index contributed by atoms with van der Waals surface area (Å²) >= 11 is 0. The van der Waals surface area contributed by atoms with Crippen molar-refractivity contribution in [2.75, 3.05) is 20.7 Å². The van der Waals surface area contributed by atoms with Gasteiger partial charge in [0, 0.05) is 12.0 Å². The van der Waals surface area contributed by atoms with Gasteiger partial charge in [-0.05, 0) is 44.4 Å². The first kappa shape index (κ1) is 33.9. The Morgan fingerprint density at radius 3 is 1.85 bits per heavy atom. The monoisotopic (exact) mass is 552 g/mol. The maximum absolute atomic E-state index is 12.7. The molecule has 0 aliphatic rings. The van der Waals surface area contributed by atoms with E-state index >= 15 is 0 Å². The van der Waals surface area contributed by atoms with Crippen LogP contribution in [0.2, 0.25) is 0 Å². The molecule has 0 aliphatic carbocycles. The first-order chi connectivity index (χ1) is 19.3. The highest BCUT2D eigenvalue weighted by molar-refractivity contribution is 5.74. The third kappa shape index (κ3) is 14.3. The van der Waals surface area contributed by atoms with Crippen LogP contribution in [0.15, 0.2) is 54.6 Å². The Kier molecular flexibility index (Phi) is 16.7. The second kappa shape index (κ2) is 19.7. The number of aryl methyl sites for hydroxylation is 1. The highest BCUT2D eigenvalue weighted by atomic mass is 16.5. The van der Waals surface area contributed by atoms with E-state index in [0.29, 0.717) is 17.5 Å². The van der Waals surface area contributed by atoms with Gasteiger partial charge < -0.3 is 14.0 Å². The van der Waals surface area contributed by atoms with Crippen molar-refractivity contribution in [3.63, 3.8) is 0 Å². The fourth-order valence-corrected chi connectivity index (χ4v) is 5.12. The zero-order chi connectivity index (χ0) is 29.1. The van der Waals surface area contributed by atoms with Crippen molar-refractivity contribution in [1.82, 2.24) is 0 Å². The molecule has 0 aromatic heterocycles. The van der Waals surface area contributed by atoms with Crippen LogP contribution >= 0.6 is 0 Å². The predicted molar refractivity (Wildman–Crippen MR) is 169 cm³/mol. The second-order valence-corrected chi connectivity index (χ2v) is 12.3. The summed E-state index contributed by atoms with van der Waals surface area (Å²) in [5, 5.41) is 0. The molecule has 0 spiro atoms. The summed E-state index contributed by atoms with van der Waals surface area (Å²) in [6.45, 7) is 7.42. The molecule has 2 aromatic carbocycles. The van der Waals surface area contributed by atoms with Gasteiger partial charge in [-0.25, -0.2) is 4.79 Å². The van der Waals surface area contributed by atoms with Gasteiger partial charge in [0.2, 0.25) is 0 Å². The van der Waals surface area contributed by atoms with Crippen molar-refractivity contribution in [3.05, 3.63) is 65.7 Å². The van der Waals surface area contributed by atoms with Crippen LogP contribution in [-0.4, -0.2) is 43.3 Å². The molecule has 4 heteroatoms. The molecule has 0 bridgehead atoms. The molecule has 0 aliphatic heterocycles. The number of ether oxygens (including phenoxy) is 2. The summed E-state index contributed by atoms with van der Waals surface area (Å²) < 4.78 is 12.3. The Hall–Kier alpha value is -2.33. The number of rotatable bonds is 22. The van der Waals surface area contributed by atoms with Crippen molar-refractivity contribution < 1.29 is 18.8 Å². The van der Waals surface area contributed by atoms with E-state index in [1.165, 1.54) is 88.2 Å². The third-order valence-electron chi connectivity index (χ3n) is 8.17. The van der Waals surface area contributed by atoms with Crippen LogP contribution in [0.3, 0.4) is 0 Å². The van der Waals surface area contributed by atoms with Crippen LogP contribution in [0.1, 0.15) is 115 Å². The first-order valence-corrected chi connectivity index (χ1v) is 16.1. The number of hydrogen-bond donors (Lipinski definition) is 0. The molecule has 0 amide bonds. The molecule has 224 valence electrons. The molecular formula is C36H58NO3+. The maximum Gasteiger partial charge on any atom is 0.364 e. The number of likely N-dealkylation sites (N-methyl/N-ethyl adjacent to an activating group) is 1. The number of esters is 1.